The van der Waals surface area contributed by atoms with Gasteiger partial charge in [-0.05, 0) is 0 Å². The number of hydrogen-bond acceptors (Lipinski definition) is 16. The van der Waals surface area contributed by atoms with Gasteiger partial charge in [-0.3, -0.25) is 0 Å². The van der Waals surface area contributed by atoms with Gasteiger partial charge >= 0.3 is 36.2 Å². The predicted molar refractivity (Wildman–Crippen MR) is 64.3 cm³/mol. The topological polar surface area (TPSA) is 324 Å². The molecule has 0 amide bonds. The van der Waals surface area contributed by atoms with E-state index in [2.05, 4.69) is 0 Å². The molecule has 0 aliphatic heterocycles. The zero-order chi connectivity index (χ0) is 18.0. The summed E-state index contributed by atoms with van der Waals surface area (Å²) in [6, 6.07) is 0. The van der Waals surface area contributed by atoms with Gasteiger partial charge in [-0.1, -0.05) is 0 Å². The van der Waals surface area contributed by atoms with Gasteiger partial charge < -0.3 is 76.7 Å². The molecule has 16 N–H and O–H groups in total. The van der Waals surface area contributed by atoms with Crippen molar-refractivity contribution in [3.8, 4) is 0 Å². The van der Waals surface area contributed by atoms with Crippen LogP contribution in [-0.4, -0.2) is 142 Å². The Labute approximate surface area is 142 Å². The molecule has 0 unspecified atom stereocenters. The van der Waals surface area contributed by atoms with Crippen LogP contribution in [0, 0.1) is 0 Å². The van der Waals surface area contributed by atoms with Crippen molar-refractivity contribution in [1.82, 2.24) is 0 Å². The fraction of sp³-hybridized carbons (Fsp3) is 0. The summed E-state index contributed by atoms with van der Waals surface area (Å²) in [5.41, 5.74) is 0. The predicted octanol–water partition coefficient (Wildman–Crippen LogP) is -10.8. The van der Waals surface area contributed by atoms with Gasteiger partial charge in [0.25, 0.3) is 0 Å². The van der Waals surface area contributed by atoms with Crippen molar-refractivity contribution < 1.29 is 76.7 Å². The molecule has 0 atom stereocenters. The molecule has 0 saturated carbocycles. The molecule has 16 nitrogen and oxygen atoms in total. The van der Waals surface area contributed by atoms with Crippen LogP contribution in [0.25, 0.3) is 0 Å². The fourth-order valence-corrected chi connectivity index (χ4v) is 0. The van der Waals surface area contributed by atoms with E-state index in [4.69, 9.17) is 76.7 Å². The summed E-state index contributed by atoms with van der Waals surface area (Å²) in [7, 11) is -18.4. The molecule has 0 aromatic rings. The van der Waals surface area contributed by atoms with Crippen molar-refractivity contribution >= 4 is 65.7 Å². The van der Waals surface area contributed by atoms with Gasteiger partial charge in [-0.15, -0.1) is 0 Å². The van der Waals surface area contributed by atoms with E-state index >= 15 is 0 Å². The minimum atomic E-state index is -4.61. The van der Waals surface area contributed by atoms with Crippen LogP contribution in [0.4, 0.5) is 0 Å². The van der Waals surface area contributed by atoms with Crippen LogP contribution in [0.2, 0.25) is 0 Å². The summed E-state index contributed by atoms with van der Waals surface area (Å²) < 4.78 is 0. The summed E-state index contributed by atoms with van der Waals surface area (Å²) in [6.07, 6.45) is 0. The Hall–Kier alpha value is 1.23. The second-order valence-electron chi connectivity index (χ2n) is 2.40. The minimum absolute atomic E-state index is 0. The molecule has 0 aromatic heterocycles. The van der Waals surface area contributed by atoms with E-state index in [0.29, 0.717) is 0 Å². The van der Waals surface area contributed by atoms with Crippen molar-refractivity contribution in [2.24, 2.45) is 0 Å². The van der Waals surface area contributed by atoms with E-state index in [1.165, 1.54) is 0 Å². The molecule has 0 bridgehead atoms. The Kier molecular flexibility index (Phi) is 21.9. The van der Waals surface area contributed by atoms with Crippen LogP contribution in [-0.2, 0) is 0 Å². The fourth-order valence-electron chi connectivity index (χ4n) is 0. The number of hydrogen-bond donors (Lipinski definition) is 16. The molecule has 0 spiro atoms. The van der Waals surface area contributed by atoms with Crippen LogP contribution < -0.4 is 0 Å². The van der Waals surface area contributed by atoms with Gasteiger partial charge in [-0.2, -0.15) is 0 Å². The van der Waals surface area contributed by atoms with Crippen molar-refractivity contribution in [1.29, 1.82) is 0 Å². The monoisotopic (exact) mass is 407 g/mol. The molecule has 0 saturated heterocycles. The quantitative estimate of drug-likeness (QED) is 0.165. The second-order valence-corrected chi connectivity index (χ2v) is 7.20. The maximum Gasteiger partial charge on any atom is 0.668 e. The van der Waals surface area contributed by atoms with Crippen molar-refractivity contribution in [3.63, 3.8) is 0 Å². The van der Waals surface area contributed by atoms with Crippen LogP contribution in [0.1, 0.15) is 0 Å². The van der Waals surface area contributed by atoms with Gasteiger partial charge in [0, 0.05) is 29.6 Å². The average molecular weight is 407 g/mol. The minimum Gasteiger partial charge on any atom is -0.368 e. The smallest absolute Gasteiger partial charge is 0.368 e. The maximum absolute atomic E-state index is 7.33. The van der Waals surface area contributed by atoms with E-state index in [0.717, 1.165) is 0 Å². The second kappa shape index (κ2) is 13.6. The molecular weight excluding hydrogens is 391 g/mol. The molecule has 21 heteroatoms. The van der Waals surface area contributed by atoms with Crippen LogP contribution in [0.5, 0.6) is 0 Å². The Balaban J connectivity index is -0.0000000533. The van der Waals surface area contributed by atoms with Gasteiger partial charge in [0.2, 0.25) is 0 Å². The zero-order valence-electron chi connectivity index (χ0n) is 10.2. The Morgan fingerprint density at radius 3 is 0.238 bits per heavy atom. The third-order valence-corrected chi connectivity index (χ3v) is 0. The summed E-state index contributed by atoms with van der Waals surface area (Å²) in [5, 5.41) is 0. The molecular formula is H16NaO16Si4. The van der Waals surface area contributed by atoms with Gasteiger partial charge in [-0.25, -0.2) is 0 Å². The van der Waals surface area contributed by atoms with E-state index in [-0.39, 0.29) is 29.6 Å². The third-order valence-electron chi connectivity index (χ3n) is 0. The van der Waals surface area contributed by atoms with Gasteiger partial charge in [0.05, 0.1) is 0 Å². The largest absolute Gasteiger partial charge is 0.668 e. The zero-order valence-corrected chi connectivity index (χ0v) is 16.2. The summed E-state index contributed by atoms with van der Waals surface area (Å²) >= 11 is 0. The van der Waals surface area contributed by atoms with E-state index < -0.39 is 36.2 Å². The van der Waals surface area contributed by atoms with Gasteiger partial charge in [0.15, 0.2) is 0 Å². The first-order chi connectivity index (χ1) is 8.00. The molecule has 0 heterocycles. The summed E-state index contributed by atoms with van der Waals surface area (Å²) in [5.74, 6) is 0. The van der Waals surface area contributed by atoms with E-state index in [1.807, 2.05) is 0 Å². The molecule has 129 valence electrons. The van der Waals surface area contributed by atoms with Crippen LogP contribution in [0.3, 0.4) is 0 Å². The molecule has 1 radical (unpaired) electrons. The SMILES string of the molecule is O[Si](O)(O)O.O[Si](O)(O)O.O[Si](O)(O)O.O[Si](O)(O)O.[Na]. The Morgan fingerprint density at radius 2 is 0.238 bits per heavy atom. The summed E-state index contributed by atoms with van der Waals surface area (Å²) in [6.45, 7) is 0. The standard InChI is InChI=1S/Na.4H4O4Si/c;4*1-5(2,3)4/h;4*1-4H. The Morgan fingerprint density at radius 1 is 0.238 bits per heavy atom. The molecule has 0 aromatic carbocycles. The molecule has 0 aliphatic carbocycles. The van der Waals surface area contributed by atoms with E-state index in [1.54, 1.807) is 0 Å². The van der Waals surface area contributed by atoms with Gasteiger partial charge in [0.1, 0.15) is 0 Å². The van der Waals surface area contributed by atoms with Crippen LogP contribution >= 0.6 is 0 Å². The van der Waals surface area contributed by atoms with Crippen molar-refractivity contribution in [3.05, 3.63) is 0 Å². The third kappa shape index (κ3) is 5210. The molecule has 21 heavy (non-hydrogen) atoms. The van der Waals surface area contributed by atoms with Crippen molar-refractivity contribution in [2.45, 2.75) is 0 Å². The number of rotatable bonds is 0. The molecule has 0 rings (SSSR count). The average Bonchev–Trinajstić information content (AvgIpc) is 1.62. The Bertz CT molecular complexity index is 130. The normalized spacial score (nSPS) is 11.4. The molecule has 0 aliphatic rings. The summed E-state index contributed by atoms with van der Waals surface area (Å²) in [4.78, 5) is 117. The first-order valence-electron chi connectivity index (χ1n) is 3.58. The first kappa shape index (κ1) is 33.7. The van der Waals surface area contributed by atoms with E-state index in [9.17, 15) is 0 Å². The maximum atomic E-state index is 7.33. The van der Waals surface area contributed by atoms with Crippen LogP contribution in [0.15, 0.2) is 0 Å². The first-order valence-corrected chi connectivity index (χ1v) is 10.7. The van der Waals surface area contributed by atoms with Crippen molar-refractivity contribution in [2.75, 3.05) is 0 Å². The molecule has 0 fully saturated rings.